The van der Waals surface area contributed by atoms with E-state index in [4.69, 9.17) is 0 Å². The number of allylic oxidation sites excluding steroid dienone is 6. The lowest BCUT2D eigenvalue weighted by molar-refractivity contribution is 0.540. The number of hydrogen-bond donors (Lipinski definition) is 0. The Bertz CT molecular complexity index is 276. The second-order valence-electron chi connectivity index (χ2n) is 4.11. The Morgan fingerprint density at radius 1 is 1.17 bits per heavy atom. The molecule has 12 heavy (non-hydrogen) atoms. The maximum Gasteiger partial charge on any atom is -0.0122 e. The summed E-state index contributed by atoms with van der Waals surface area (Å²) in [6, 6.07) is 0. The predicted molar refractivity (Wildman–Crippen MR) is 52.9 cm³/mol. The van der Waals surface area contributed by atoms with Gasteiger partial charge in [0.05, 0.1) is 0 Å². The molecule has 64 valence electrons. The Morgan fingerprint density at radius 2 is 2.00 bits per heavy atom. The molecule has 0 aromatic carbocycles. The molecule has 0 fully saturated rings. The normalized spacial score (nSPS) is 28.5. The standard InChI is InChI=1S/C12H16/c1-9-3-5-12-8-10(2)4-6-11(12)7-9/h3,5,8,11H,4,6-7H2,1-2H3. The summed E-state index contributed by atoms with van der Waals surface area (Å²) in [6.45, 7) is 4.47. The summed E-state index contributed by atoms with van der Waals surface area (Å²) >= 11 is 0. The fourth-order valence-electron chi connectivity index (χ4n) is 2.14. The molecule has 1 unspecified atom stereocenters. The molecule has 2 rings (SSSR count). The zero-order chi connectivity index (χ0) is 8.55. The molecule has 0 bridgehead atoms. The van der Waals surface area contributed by atoms with Crippen LogP contribution in [0.5, 0.6) is 0 Å². The van der Waals surface area contributed by atoms with Crippen LogP contribution in [0.15, 0.2) is 34.9 Å². The lowest BCUT2D eigenvalue weighted by atomic mass is 9.79. The Hall–Kier alpha value is -0.780. The summed E-state index contributed by atoms with van der Waals surface area (Å²) in [6.07, 6.45) is 10.9. The van der Waals surface area contributed by atoms with Gasteiger partial charge in [-0.2, -0.15) is 0 Å². The Kier molecular flexibility index (Phi) is 1.92. The summed E-state index contributed by atoms with van der Waals surface area (Å²) < 4.78 is 0. The molecule has 0 N–H and O–H groups in total. The third-order valence-electron chi connectivity index (χ3n) is 2.90. The first kappa shape index (κ1) is 7.85. The summed E-state index contributed by atoms with van der Waals surface area (Å²) in [4.78, 5) is 0. The monoisotopic (exact) mass is 160 g/mol. The van der Waals surface area contributed by atoms with Gasteiger partial charge in [0, 0.05) is 0 Å². The first-order chi connectivity index (χ1) is 5.75. The van der Waals surface area contributed by atoms with E-state index in [0.29, 0.717) is 0 Å². The highest BCUT2D eigenvalue weighted by Gasteiger charge is 2.19. The largest absolute Gasteiger partial charge is 0.0730 e. The van der Waals surface area contributed by atoms with Crippen LogP contribution in [0.1, 0.15) is 33.1 Å². The van der Waals surface area contributed by atoms with Gasteiger partial charge in [-0.1, -0.05) is 29.4 Å². The molecule has 0 saturated heterocycles. The van der Waals surface area contributed by atoms with E-state index in [2.05, 4.69) is 32.1 Å². The third kappa shape index (κ3) is 1.38. The molecule has 1 atom stereocenters. The van der Waals surface area contributed by atoms with Crippen LogP contribution < -0.4 is 0 Å². The van der Waals surface area contributed by atoms with Gasteiger partial charge in [0.1, 0.15) is 0 Å². The Balaban J connectivity index is 2.29. The maximum atomic E-state index is 2.37. The highest BCUT2D eigenvalue weighted by Crippen LogP contribution is 2.35. The molecule has 0 aromatic rings. The first-order valence-electron chi connectivity index (χ1n) is 4.80. The van der Waals surface area contributed by atoms with E-state index >= 15 is 0 Å². The zero-order valence-corrected chi connectivity index (χ0v) is 7.93. The van der Waals surface area contributed by atoms with Gasteiger partial charge in [0.25, 0.3) is 0 Å². The van der Waals surface area contributed by atoms with E-state index in [0.717, 1.165) is 5.92 Å². The van der Waals surface area contributed by atoms with Gasteiger partial charge in [-0.3, -0.25) is 0 Å². The SMILES string of the molecule is CC1=CC2=CC=C(C)CC2CC1. The molecule has 0 amide bonds. The van der Waals surface area contributed by atoms with Crippen molar-refractivity contribution >= 4 is 0 Å². The lowest BCUT2D eigenvalue weighted by Gasteiger charge is -2.26. The number of hydrogen-bond acceptors (Lipinski definition) is 0. The maximum absolute atomic E-state index is 2.37. The van der Waals surface area contributed by atoms with Crippen LogP contribution >= 0.6 is 0 Å². The molecule has 0 nitrogen and oxygen atoms in total. The minimum absolute atomic E-state index is 0.832. The van der Waals surface area contributed by atoms with Gasteiger partial charge < -0.3 is 0 Å². The molecular formula is C12H16. The zero-order valence-electron chi connectivity index (χ0n) is 7.93. The van der Waals surface area contributed by atoms with Crippen molar-refractivity contribution in [2.75, 3.05) is 0 Å². The molecule has 0 radical (unpaired) electrons. The van der Waals surface area contributed by atoms with E-state index in [-0.39, 0.29) is 0 Å². The van der Waals surface area contributed by atoms with Crippen LogP contribution in [0.25, 0.3) is 0 Å². The van der Waals surface area contributed by atoms with Crippen LogP contribution in [-0.2, 0) is 0 Å². The van der Waals surface area contributed by atoms with Crippen molar-refractivity contribution < 1.29 is 0 Å². The van der Waals surface area contributed by atoms with Crippen molar-refractivity contribution in [2.45, 2.75) is 33.1 Å². The molecule has 0 saturated carbocycles. The van der Waals surface area contributed by atoms with Gasteiger partial charge in [-0.05, 0) is 44.6 Å². The molecule has 0 aliphatic heterocycles. The van der Waals surface area contributed by atoms with E-state index in [9.17, 15) is 0 Å². The molecule has 0 heterocycles. The van der Waals surface area contributed by atoms with Crippen LogP contribution in [0, 0.1) is 5.92 Å². The number of fused-ring (bicyclic) bond motifs is 1. The van der Waals surface area contributed by atoms with Gasteiger partial charge >= 0.3 is 0 Å². The quantitative estimate of drug-likeness (QED) is 0.507. The number of rotatable bonds is 0. The molecule has 0 heteroatoms. The topological polar surface area (TPSA) is 0 Å². The highest BCUT2D eigenvalue weighted by atomic mass is 14.2. The molecule has 0 spiro atoms. The van der Waals surface area contributed by atoms with Crippen LogP contribution in [0.4, 0.5) is 0 Å². The van der Waals surface area contributed by atoms with Crippen molar-refractivity contribution in [3.8, 4) is 0 Å². The van der Waals surface area contributed by atoms with Crippen molar-refractivity contribution in [1.29, 1.82) is 0 Å². The van der Waals surface area contributed by atoms with Crippen molar-refractivity contribution in [3.05, 3.63) is 34.9 Å². The van der Waals surface area contributed by atoms with E-state index in [1.165, 1.54) is 24.8 Å². The first-order valence-corrected chi connectivity index (χ1v) is 4.80. The van der Waals surface area contributed by atoms with Crippen LogP contribution in [0.3, 0.4) is 0 Å². The molecule has 0 aromatic heterocycles. The van der Waals surface area contributed by atoms with Gasteiger partial charge in [-0.25, -0.2) is 0 Å². The summed E-state index contributed by atoms with van der Waals surface area (Å²) in [5, 5.41) is 0. The fourth-order valence-corrected chi connectivity index (χ4v) is 2.14. The van der Waals surface area contributed by atoms with Crippen molar-refractivity contribution in [2.24, 2.45) is 5.92 Å². The minimum Gasteiger partial charge on any atom is -0.0730 e. The summed E-state index contributed by atoms with van der Waals surface area (Å²) in [5.74, 6) is 0.832. The van der Waals surface area contributed by atoms with Crippen molar-refractivity contribution in [3.63, 3.8) is 0 Å². The van der Waals surface area contributed by atoms with Gasteiger partial charge in [-0.15, -0.1) is 0 Å². The average Bonchev–Trinajstić information content (AvgIpc) is 2.05. The Labute approximate surface area is 74.7 Å². The fraction of sp³-hybridized carbons (Fsp3) is 0.500. The highest BCUT2D eigenvalue weighted by molar-refractivity contribution is 5.36. The van der Waals surface area contributed by atoms with Crippen molar-refractivity contribution in [1.82, 2.24) is 0 Å². The second-order valence-corrected chi connectivity index (χ2v) is 4.11. The smallest absolute Gasteiger partial charge is 0.0122 e. The molecular weight excluding hydrogens is 144 g/mol. The third-order valence-corrected chi connectivity index (χ3v) is 2.90. The van der Waals surface area contributed by atoms with Gasteiger partial charge in [0.2, 0.25) is 0 Å². The average molecular weight is 160 g/mol. The van der Waals surface area contributed by atoms with E-state index < -0.39 is 0 Å². The van der Waals surface area contributed by atoms with Crippen LogP contribution in [0.2, 0.25) is 0 Å². The van der Waals surface area contributed by atoms with E-state index in [1.54, 1.807) is 11.1 Å². The van der Waals surface area contributed by atoms with Gasteiger partial charge in [0.15, 0.2) is 0 Å². The Morgan fingerprint density at radius 3 is 2.83 bits per heavy atom. The predicted octanol–water partition coefficient (Wildman–Crippen LogP) is 3.62. The second kappa shape index (κ2) is 2.93. The summed E-state index contributed by atoms with van der Waals surface area (Å²) in [5.41, 5.74) is 4.64. The molecule has 2 aliphatic carbocycles. The van der Waals surface area contributed by atoms with Crippen LogP contribution in [-0.4, -0.2) is 0 Å². The minimum atomic E-state index is 0.832. The summed E-state index contributed by atoms with van der Waals surface area (Å²) in [7, 11) is 0. The van der Waals surface area contributed by atoms with E-state index in [1.807, 2.05) is 0 Å². The lowest BCUT2D eigenvalue weighted by Crippen LogP contribution is -2.11. The molecule has 2 aliphatic rings.